The highest BCUT2D eigenvalue weighted by atomic mass is 32.2. The van der Waals surface area contributed by atoms with Crippen LogP contribution in [0.1, 0.15) is 29.0 Å². The molecule has 0 bridgehead atoms. The second-order valence-corrected chi connectivity index (χ2v) is 8.11. The number of aromatic amines is 1. The fourth-order valence-electron chi connectivity index (χ4n) is 3.18. The molecule has 1 aliphatic rings. The molecule has 27 heavy (non-hydrogen) atoms. The van der Waals surface area contributed by atoms with E-state index in [0.29, 0.717) is 18.6 Å². The predicted molar refractivity (Wildman–Crippen MR) is 100 cm³/mol. The molecule has 0 atom stereocenters. The third-order valence-electron chi connectivity index (χ3n) is 4.59. The lowest BCUT2D eigenvalue weighted by Crippen LogP contribution is -2.27. The molecule has 3 heterocycles. The molecule has 140 valence electrons. The monoisotopic (exact) mass is 385 g/mol. The Bertz CT molecular complexity index is 1110. The van der Waals surface area contributed by atoms with Crippen molar-refractivity contribution in [1.29, 1.82) is 0 Å². The first kappa shape index (κ1) is 17.5. The number of benzene rings is 1. The number of carbonyl (C=O) groups excluding carboxylic acids is 1. The van der Waals surface area contributed by atoms with Gasteiger partial charge in [0.2, 0.25) is 0 Å². The highest BCUT2D eigenvalue weighted by Crippen LogP contribution is 2.27. The largest absolute Gasteiger partial charge is 0.377 e. The molecular formula is C19H19N3O4S. The molecule has 7 nitrogen and oxygen atoms in total. The van der Waals surface area contributed by atoms with Gasteiger partial charge in [-0.1, -0.05) is 18.2 Å². The highest BCUT2D eigenvalue weighted by molar-refractivity contribution is 7.87. The third-order valence-corrected chi connectivity index (χ3v) is 5.80. The Labute approximate surface area is 157 Å². The zero-order valence-corrected chi connectivity index (χ0v) is 15.6. The molecule has 0 aliphatic carbocycles. The summed E-state index contributed by atoms with van der Waals surface area (Å²) in [6.07, 6.45) is 3.21. The first-order valence-electron chi connectivity index (χ1n) is 8.73. The Morgan fingerprint density at radius 3 is 2.74 bits per heavy atom. The van der Waals surface area contributed by atoms with Gasteiger partial charge in [-0.05, 0) is 38.0 Å². The number of nitrogens with zero attached hydrogens (tertiary/aromatic N) is 2. The van der Waals surface area contributed by atoms with Crippen molar-refractivity contribution in [2.75, 3.05) is 13.1 Å². The first-order chi connectivity index (χ1) is 12.9. The van der Waals surface area contributed by atoms with E-state index in [2.05, 4.69) is 9.97 Å². The van der Waals surface area contributed by atoms with Gasteiger partial charge in [0.25, 0.3) is 5.91 Å². The van der Waals surface area contributed by atoms with Crippen LogP contribution in [-0.2, 0) is 10.1 Å². The average molecular weight is 385 g/mol. The number of para-hydroxylation sites is 1. The minimum Gasteiger partial charge on any atom is -0.377 e. The van der Waals surface area contributed by atoms with E-state index in [1.54, 1.807) is 17.0 Å². The molecule has 2 aromatic heterocycles. The number of hydrogen-bond donors (Lipinski definition) is 1. The van der Waals surface area contributed by atoms with E-state index in [1.165, 1.54) is 12.3 Å². The molecule has 3 aromatic rings. The van der Waals surface area contributed by atoms with Crippen LogP contribution in [0.5, 0.6) is 5.75 Å². The van der Waals surface area contributed by atoms with Crippen LogP contribution < -0.4 is 4.18 Å². The Kier molecular flexibility index (Phi) is 4.35. The van der Waals surface area contributed by atoms with Crippen molar-refractivity contribution in [3.05, 3.63) is 54.0 Å². The summed E-state index contributed by atoms with van der Waals surface area (Å²) in [7, 11) is -4.10. The summed E-state index contributed by atoms with van der Waals surface area (Å²) in [5, 5.41) is 0.785. The summed E-state index contributed by atoms with van der Waals surface area (Å²) in [5.41, 5.74) is 1.48. The number of aryl methyl sites for hydroxylation is 1. The van der Waals surface area contributed by atoms with Crippen molar-refractivity contribution in [2.24, 2.45) is 0 Å². The predicted octanol–water partition coefficient (Wildman–Crippen LogP) is 2.88. The fourth-order valence-corrected chi connectivity index (χ4v) is 4.12. The van der Waals surface area contributed by atoms with E-state index < -0.39 is 10.1 Å². The molecule has 0 radical (unpaired) electrons. The zero-order valence-electron chi connectivity index (χ0n) is 14.8. The maximum Gasteiger partial charge on any atom is 0.340 e. The normalized spacial score (nSPS) is 14.6. The standard InChI is InChI=1S/C19H19N3O4S/c1-13-7-8-14-5-4-6-17(18(14)21-13)26-27(24,25)15-11-16(20-12-15)19(23)22-9-2-3-10-22/h4-8,11-12,20H,2-3,9-10H2,1H3. The molecule has 1 saturated heterocycles. The minimum absolute atomic E-state index is 0.0882. The topological polar surface area (TPSA) is 92.4 Å². The van der Waals surface area contributed by atoms with Crippen molar-refractivity contribution in [1.82, 2.24) is 14.9 Å². The number of carbonyl (C=O) groups is 1. The quantitative estimate of drug-likeness (QED) is 0.697. The molecule has 1 aromatic carbocycles. The molecule has 1 amide bonds. The van der Waals surface area contributed by atoms with E-state index >= 15 is 0 Å². The number of nitrogens with one attached hydrogen (secondary N) is 1. The zero-order chi connectivity index (χ0) is 19.0. The molecule has 0 saturated carbocycles. The summed E-state index contributed by atoms with van der Waals surface area (Å²) >= 11 is 0. The maximum absolute atomic E-state index is 12.7. The van der Waals surface area contributed by atoms with Crippen LogP contribution in [0, 0.1) is 6.92 Å². The molecule has 1 aliphatic heterocycles. The van der Waals surface area contributed by atoms with Crippen molar-refractivity contribution >= 4 is 26.9 Å². The lowest BCUT2D eigenvalue weighted by Gasteiger charge is -2.13. The Morgan fingerprint density at radius 1 is 1.19 bits per heavy atom. The van der Waals surface area contributed by atoms with E-state index in [9.17, 15) is 13.2 Å². The van der Waals surface area contributed by atoms with Gasteiger partial charge in [0.05, 0.1) is 0 Å². The number of fused-ring (bicyclic) bond motifs is 1. The second kappa shape index (κ2) is 6.70. The van der Waals surface area contributed by atoms with Crippen LogP contribution in [0.4, 0.5) is 0 Å². The average Bonchev–Trinajstić information content (AvgIpc) is 3.34. The third kappa shape index (κ3) is 3.40. The summed E-state index contributed by atoms with van der Waals surface area (Å²) in [6, 6.07) is 10.1. The van der Waals surface area contributed by atoms with Crippen LogP contribution in [0.25, 0.3) is 10.9 Å². The van der Waals surface area contributed by atoms with Crippen molar-refractivity contribution in [2.45, 2.75) is 24.7 Å². The van der Waals surface area contributed by atoms with Gasteiger partial charge in [-0.15, -0.1) is 0 Å². The molecular weight excluding hydrogens is 366 g/mol. The Hall–Kier alpha value is -2.87. The van der Waals surface area contributed by atoms with Gasteiger partial charge in [0.1, 0.15) is 16.1 Å². The minimum atomic E-state index is -4.10. The van der Waals surface area contributed by atoms with E-state index in [4.69, 9.17) is 4.18 Å². The van der Waals surface area contributed by atoms with E-state index in [1.807, 2.05) is 25.1 Å². The number of rotatable bonds is 4. The van der Waals surface area contributed by atoms with Crippen LogP contribution >= 0.6 is 0 Å². The van der Waals surface area contributed by atoms with Gasteiger partial charge in [-0.2, -0.15) is 8.42 Å². The summed E-state index contributed by atoms with van der Waals surface area (Å²) in [4.78, 5) is 21.2. The molecule has 1 N–H and O–H groups in total. The molecule has 0 unspecified atom stereocenters. The van der Waals surface area contributed by atoms with Gasteiger partial charge < -0.3 is 14.1 Å². The SMILES string of the molecule is Cc1ccc2cccc(OS(=O)(=O)c3c[nH]c(C(=O)N4CCCC4)c3)c2n1. The number of hydrogen-bond acceptors (Lipinski definition) is 5. The lowest BCUT2D eigenvalue weighted by molar-refractivity contribution is 0.0787. The Morgan fingerprint density at radius 2 is 1.96 bits per heavy atom. The van der Waals surface area contributed by atoms with Crippen LogP contribution in [-0.4, -0.2) is 42.3 Å². The smallest absolute Gasteiger partial charge is 0.340 e. The summed E-state index contributed by atoms with van der Waals surface area (Å²) in [5.74, 6) is -0.0405. The summed E-state index contributed by atoms with van der Waals surface area (Å²) < 4.78 is 30.7. The van der Waals surface area contributed by atoms with Gasteiger partial charge >= 0.3 is 10.1 Å². The Balaban J connectivity index is 1.63. The molecule has 4 rings (SSSR count). The first-order valence-corrected chi connectivity index (χ1v) is 10.1. The molecule has 8 heteroatoms. The van der Waals surface area contributed by atoms with Gasteiger partial charge in [-0.3, -0.25) is 4.79 Å². The number of aromatic nitrogens is 2. The van der Waals surface area contributed by atoms with Gasteiger partial charge in [0.15, 0.2) is 5.75 Å². The summed E-state index contributed by atoms with van der Waals surface area (Å²) in [6.45, 7) is 3.21. The van der Waals surface area contributed by atoms with Crippen molar-refractivity contribution in [3.8, 4) is 5.75 Å². The van der Waals surface area contributed by atoms with Crippen molar-refractivity contribution < 1.29 is 17.4 Å². The lowest BCUT2D eigenvalue weighted by atomic mass is 10.2. The number of H-pyrrole nitrogens is 1. The highest BCUT2D eigenvalue weighted by Gasteiger charge is 2.25. The second-order valence-electron chi connectivity index (χ2n) is 6.57. The molecule has 0 spiro atoms. The van der Waals surface area contributed by atoms with E-state index in [0.717, 1.165) is 23.9 Å². The maximum atomic E-state index is 12.7. The van der Waals surface area contributed by atoms with Crippen LogP contribution in [0.2, 0.25) is 0 Å². The van der Waals surface area contributed by atoms with Gasteiger partial charge in [-0.25, -0.2) is 4.98 Å². The number of pyridine rings is 1. The van der Waals surface area contributed by atoms with Crippen LogP contribution in [0.15, 0.2) is 47.5 Å². The number of likely N-dealkylation sites (tertiary alicyclic amines) is 1. The van der Waals surface area contributed by atoms with E-state index in [-0.39, 0.29) is 22.2 Å². The fraction of sp³-hybridized carbons (Fsp3) is 0.263. The number of amides is 1. The van der Waals surface area contributed by atoms with Crippen molar-refractivity contribution in [3.63, 3.8) is 0 Å². The van der Waals surface area contributed by atoms with Gasteiger partial charge in [0, 0.05) is 30.4 Å². The van der Waals surface area contributed by atoms with Crippen LogP contribution in [0.3, 0.4) is 0 Å². The molecule has 1 fully saturated rings.